The number of nitrogens with zero attached hydrogens (tertiary/aromatic N) is 1. The highest BCUT2D eigenvalue weighted by atomic mass is 31.2. The molecule has 1 aliphatic heterocycles. The van der Waals surface area contributed by atoms with Gasteiger partial charge in [-0.05, 0) is 155 Å². The minimum absolute atomic E-state index is 0. The number of aryl methyl sites for hydroxylation is 4. The first kappa shape index (κ1) is 49.3. The van der Waals surface area contributed by atoms with E-state index in [1.165, 1.54) is 55.6 Å². The molecule has 6 heteroatoms. The molecule has 0 saturated heterocycles. The average Bonchev–Trinajstić information content (AvgIpc) is 3.77. The fraction of sp³-hybridized carbons (Fsp3) is 0.419. The van der Waals surface area contributed by atoms with Crippen molar-refractivity contribution >= 4 is 8.53 Å². The van der Waals surface area contributed by atoms with Crippen molar-refractivity contribution in [2.75, 3.05) is 0 Å². The van der Waals surface area contributed by atoms with Gasteiger partial charge in [-0.3, -0.25) is 0 Å². The normalized spacial score (nSPS) is 19.4. The summed E-state index contributed by atoms with van der Waals surface area (Å²) in [4.78, 5) is 0. The average molecular weight is 930 g/mol. The molecule has 6 aromatic rings. The van der Waals surface area contributed by atoms with Crippen molar-refractivity contribution in [1.82, 2.24) is 4.67 Å². The summed E-state index contributed by atoms with van der Waals surface area (Å²) in [6, 6.07) is 39.0. The summed E-state index contributed by atoms with van der Waals surface area (Å²) in [5.74, 6) is 2.78. The largest absolute Gasteiger partial charge is 0.508 e. The Hall–Kier alpha value is -5.09. The van der Waals surface area contributed by atoms with Crippen molar-refractivity contribution in [1.29, 1.82) is 0 Å². The third-order valence-electron chi connectivity index (χ3n) is 15.8. The molecule has 11 rings (SSSR count). The maximum absolute atomic E-state index is 10.9. The van der Waals surface area contributed by atoms with E-state index < -0.39 is 8.53 Å². The molecule has 0 amide bonds. The molecule has 6 aromatic carbocycles. The van der Waals surface area contributed by atoms with Gasteiger partial charge in [0.05, 0.1) is 0 Å². The van der Waals surface area contributed by atoms with Crippen LogP contribution in [0.1, 0.15) is 174 Å². The van der Waals surface area contributed by atoms with Crippen LogP contribution in [-0.4, -0.2) is 14.9 Å². The van der Waals surface area contributed by atoms with Crippen molar-refractivity contribution in [3.8, 4) is 23.0 Å². The maximum atomic E-state index is 10.9. The summed E-state index contributed by atoms with van der Waals surface area (Å²) in [7, 11) is -1.46. The first-order valence-corrected chi connectivity index (χ1v) is 25.2. The standard InChI is InChI=1S/C37H40NO2P.C23H28O2.2CH4/c1-25-17-29-33-31(19-25)39-41(38(21-27-13-9-7-10-14-27)22-28-15-11-8-12-16-28)40-32-20-26(2)18-30-34(32)37(33,23-35(29,3)4)24-36(30,5)6;1-13-7-15-19(17(24)9-13)23(11-21(15,3)4)12-22(5,6)16-8-14(2)10-18(25)20(16)23;;/h7-20H,21-24H2,1-6H3;7-10,24-25H,11-12H2,1-6H3;2*1H4. The van der Waals surface area contributed by atoms with Crippen LogP contribution in [0.15, 0.2) is 109 Å². The molecule has 358 valence electrons. The van der Waals surface area contributed by atoms with Crippen LogP contribution in [0.3, 0.4) is 0 Å². The van der Waals surface area contributed by atoms with E-state index >= 15 is 0 Å². The Morgan fingerprint density at radius 3 is 1.07 bits per heavy atom. The lowest BCUT2D eigenvalue weighted by atomic mass is 9.72. The van der Waals surface area contributed by atoms with E-state index in [9.17, 15) is 10.2 Å². The van der Waals surface area contributed by atoms with Crippen molar-refractivity contribution in [3.05, 3.63) is 187 Å². The van der Waals surface area contributed by atoms with Crippen molar-refractivity contribution in [3.63, 3.8) is 0 Å². The Balaban J connectivity index is 0.000000199. The molecule has 2 N–H and O–H groups in total. The Bertz CT molecular complexity index is 2710. The number of hydrogen-bond acceptors (Lipinski definition) is 5. The lowest BCUT2D eigenvalue weighted by molar-refractivity contribution is 0.314. The van der Waals surface area contributed by atoms with Crippen molar-refractivity contribution in [2.24, 2.45) is 0 Å². The van der Waals surface area contributed by atoms with E-state index in [1.807, 2.05) is 26.0 Å². The van der Waals surface area contributed by atoms with Crippen LogP contribution < -0.4 is 9.05 Å². The van der Waals surface area contributed by atoms with Gasteiger partial charge in [0.2, 0.25) is 0 Å². The van der Waals surface area contributed by atoms with Crippen LogP contribution in [0.5, 0.6) is 23.0 Å². The number of fused-ring (bicyclic) bond motifs is 4. The topological polar surface area (TPSA) is 62.2 Å². The second-order valence-corrected chi connectivity index (χ2v) is 24.8. The number of phenols is 2. The Morgan fingerprint density at radius 2 is 0.735 bits per heavy atom. The highest BCUT2D eigenvalue weighted by molar-refractivity contribution is 7.45. The summed E-state index contributed by atoms with van der Waals surface area (Å²) in [5, 5.41) is 21.9. The molecule has 5 nitrogen and oxygen atoms in total. The van der Waals surface area contributed by atoms with Gasteiger partial charge in [-0.2, -0.15) is 0 Å². The molecule has 0 saturated carbocycles. The van der Waals surface area contributed by atoms with Crippen LogP contribution in [0.25, 0.3) is 0 Å². The Morgan fingerprint density at radius 1 is 0.441 bits per heavy atom. The molecule has 5 aliphatic rings. The molecule has 0 radical (unpaired) electrons. The second-order valence-electron chi connectivity index (χ2n) is 23.4. The maximum Gasteiger partial charge on any atom is 0.385 e. The van der Waals surface area contributed by atoms with Gasteiger partial charge in [0.25, 0.3) is 0 Å². The van der Waals surface area contributed by atoms with E-state index in [4.69, 9.17) is 9.05 Å². The van der Waals surface area contributed by atoms with Gasteiger partial charge >= 0.3 is 8.53 Å². The van der Waals surface area contributed by atoms with Crippen LogP contribution in [-0.2, 0) is 45.6 Å². The summed E-state index contributed by atoms with van der Waals surface area (Å²) in [6.45, 7) is 28.7. The summed E-state index contributed by atoms with van der Waals surface area (Å²) in [6.07, 6.45) is 3.97. The highest BCUT2D eigenvalue weighted by Crippen LogP contribution is 2.70. The SMILES string of the molecule is C.C.Cc1cc(O)c2c(c1)C(C)(C)CC21CC(C)(C)c2cc(C)cc(O)c21.Cc1cc2c3c(c1)C(C)(C)CC31CC(C)(C)c3cc(C)cc(c31)OP(N(Cc1ccccc1)Cc1ccccc1)O2. The number of phenolic OH excluding ortho intramolecular Hbond substituents is 2. The molecule has 68 heavy (non-hydrogen) atoms. The monoisotopic (exact) mass is 930 g/mol. The van der Waals surface area contributed by atoms with Gasteiger partial charge in [-0.15, -0.1) is 0 Å². The first-order chi connectivity index (χ1) is 31.0. The van der Waals surface area contributed by atoms with Gasteiger partial charge in [0, 0.05) is 46.2 Å². The molecular weight excluding hydrogens is 854 g/mol. The summed E-state index contributed by atoms with van der Waals surface area (Å²) in [5.41, 5.74) is 17.0. The van der Waals surface area contributed by atoms with E-state index in [0.717, 1.165) is 72.5 Å². The number of benzene rings is 6. The molecular formula is C62H76NO4P. The van der Waals surface area contributed by atoms with Gasteiger partial charge < -0.3 is 19.3 Å². The van der Waals surface area contributed by atoms with E-state index in [-0.39, 0.29) is 47.3 Å². The number of aromatic hydroxyl groups is 2. The highest BCUT2D eigenvalue weighted by Gasteiger charge is 2.61. The Kier molecular flexibility index (Phi) is 12.2. The zero-order valence-corrected chi connectivity index (χ0v) is 42.1. The van der Waals surface area contributed by atoms with Gasteiger partial charge in [0.1, 0.15) is 23.0 Å². The minimum Gasteiger partial charge on any atom is -0.508 e. The molecule has 0 bridgehead atoms. The molecule has 1 heterocycles. The zero-order valence-electron chi connectivity index (χ0n) is 41.2. The summed E-state index contributed by atoms with van der Waals surface area (Å²) >= 11 is 0. The number of rotatable bonds is 5. The molecule has 2 spiro atoms. The fourth-order valence-corrected chi connectivity index (χ4v) is 15.3. The molecule has 0 aromatic heterocycles. The lowest BCUT2D eigenvalue weighted by Gasteiger charge is -2.37. The molecule has 0 unspecified atom stereocenters. The zero-order chi connectivity index (χ0) is 46.9. The van der Waals surface area contributed by atoms with E-state index in [2.05, 4.69) is 171 Å². The minimum atomic E-state index is -1.46. The van der Waals surface area contributed by atoms with E-state index in [0.29, 0.717) is 11.5 Å². The van der Waals surface area contributed by atoms with Gasteiger partial charge in [-0.25, -0.2) is 4.67 Å². The Labute approximate surface area is 409 Å². The predicted molar refractivity (Wildman–Crippen MR) is 284 cm³/mol. The summed E-state index contributed by atoms with van der Waals surface area (Å²) < 4.78 is 16.8. The van der Waals surface area contributed by atoms with Gasteiger partial charge in [-0.1, -0.05) is 155 Å². The predicted octanol–water partition coefficient (Wildman–Crippen LogP) is 16.3. The third-order valence-corrected chi connectivity index (χ3v) is 17.3. The first-order valence-electron chi connectivity index (χ1n) is 24.0. The third kappa shape index (κ3) is 7.85. The van der Waals surface area contributed by atoms with E-state index in [1.54, 1.807) is 0 Å². The fourth-order valence-electron chi connectivity index (χ4n) is 13.9. The quantitative estimate of drug-likeness (QED) is 0.169. The second kappa shape index (κ2) is 16.8. The van der Waals surface area contributed by atoms with Crippen LogP contribution >= 0.6 is 8.53 Å². The molecule has 4 aliphatic carbocycles. The van der Waals surface area contributed by atoms with Crippen molar-refractivity contribution < 1.29 is 19.3 Å². The van der Waals surface area contributed by atoms with Crippen LogP contribution in [0.2, 0.25) is 0 Å². The van der Waals surface area contributed by atoms with Crippen molar-refractivity contribution in [2.45, 2.75) is 169 Å². The smallest absolute Gasteiger partial charge is 0.385 e. The lowest BCUT2D eigenvalue weighted by Crippen LogP contribution is -2.30. The molecule has 0 fully saturated rings. The van der Waals surface area contributed by atoms with Crippen LogP contribution in [0, 0.1) is 27.7 Å². The molecule has 0 atom stereocenters. The number of hydrogen-bond donors (Lipinski definition) is 2. The van der Waals surface area contributed by atoms with Crippen LogP contribution in [0.4, 0.5) is 0 Å². The van der Waals surface area contributed by atoms with Gasteiger partial charge in [0.15, 0.2) is 0 Å².